The van der Waals surface area contributed by atoms with Gasteiger partial charge in [-0.1, -0.05) is 18.2 Å². The topological polar surface area (TPSA) is 42.1 Å². The molecule has 3 aromatic rings. The first kappa shape index (κ1) is 12.5. The van der Waals surface area contributed by atoms with Crippen molar-refractivity contribution in [2.45, 2.75) is 6.92 Å². The van der Waals surface area contributed by atoms with Crippen molar-refractivity contribution in [2.24, 2.45) is 0 Å². The number of aromatic nitrogens is 1. The summed E-state index contributed by atoms with van der Waals surface area (Å²) in [6.07, 6.45) is 1.84. The van der Waals surface area contributed by atoms with E-state index in [0.29, 0.717) is 0 Å². The van der Waals surface area contributed by atoms with Gasteiger partial charge in [0, 0.05) is 30.0 Å². The third-order valence-electron chi connectivity index (χ3n) is 3.69. The fourth-order valence-corrected chi connectivity index (χ4v) is 2.44. The standard InChI is InChI=1S/C17H17N3/c1-12-15(18)9-8-14-16(10-11-19-17(12)14)20(2)13-6-4-3-5-7-13/h3-11H,18H2,1-2H3. The van der Waals surface area contributed by atoms with Crippen LogP contribution >= 0.6 is 0 Å². The summed E-state index contributed by atoms with van der Waals surface area (Å²) in [5.41, 5.74) is 11.0. The van der Waals surface area contributed by atoms with Gasteiger partial charge in [-0.15, -0.1) is 0 Å². The van der Waals surface area contributed by atoms with Gasteiger partial charge in [0.15, 0.2) is 0 Å². The first-order valence-corrected chi connectivity index (χ1v) is 6.61. The maximum atomic E-state index is 5.97. The van der Waals surface area contributed by atoms with Gasteiger partial charge in [-0.05, 0) is 42.8 Å². The van der Waals surface area contributed by atoms with E-state index in [9.17, 15) is 0 Å². The van der Waals surface area contributed by atoms with Crippen LogP contribution in [0.1, 0.15) is 5.56 Å². The summed E-state index contributed by atoms with van der Waals surface area (Å²) >= 11 is 0. The molecule has 3 rings (SSSR count). The van der Waals surface area contributed by atoms with Crippen LogP contribution in [0.25, 0.3) is 10.9 Å². The van der Waals surface area contributed by atoms with Crippen LogP contribution in [0.4, 0.5) is 17.1 Å². The first-order chi connectivity index (χ1) is 9.68. The molecule has 20 heavy (non-hydrogen) atoms. The van der Waals surface area contributed by atoms with Crippen LogP contribution in [0.15, 0.2) is 54.7 Å². The van der Waals surface area contributed by atoms with Gasteiger partial charge in [0.25, 0.3) is 0 Å². The Bertz CT molecular complexity index is 751. The number of benzene rings is 2. The van der Waals surface area contributed by atoms with E-state index in [-0.39, 0.29) is 0 Å². The smallest absolute Gasteiger partial charge is 0.0772 e. The zero-order valence-electron chi connectivity index (χ0n) is 11.7. The lowest BCUT2D eigenvalue weighted by molar-refractivity contribution is 1.21. The SMILES string of the molecule is Cc1c(N)ccc2c(N(C)c3ccccc3)ccnc12. The van der Waals surface area contributed by atoms with Crippen LogP contribution in [-0.4, -0.2) is 12.0 Å². The lowest BCUT2D eigenvalue weighted by Crippen LogP contribution is -2.10. The molecule has 0 aliphatic heterocycles. The lowest BCUT2D eigenvalue weighted by Gasteiger charge is -2.21. The molecule has 0 saturated carbocycles. The molecular formula is C17H17N3. The molecule has 0 bridgehead atoms. The Hall–Kier alpha value is -2.55. The minimum absolute atomic E-state index is 0.782. The Kier molecular flexibility index (Phi) is 3.03. The van der Waals surface area contributed by atoms with Crippen molar-refractivity contribution >= 4 is 28.0 Å². The van der Waals surface area contributed by atoms with Crippen molar-refractivity contribution < 1.29 is 0 Å². The fourth-order valence-electron chi connectivity index (χ4n) is 2.44. The summed E-state index contributed by atoms with van der Waals surface area (Å²) in [4.78, 5) is 6.64. The Labute approximate surface area is 118 Å². The zero-order valence-corrected chi connectivity index (χ0v) is 11.7. The van der Waals surface area contributed by atoms with Crippen molar-refractivity contribution in [2.75, 3.05) is 17.7 Å². The molecule has 0 aliphatic rings. The van der Waals surface area contributed by atoms with E-state index >= 15 is 0 Å². The number of hydrogen-bond acceptors (Lipinski definition) is 3. The first-order valence-electron chi connectivity index (χ1n) is 6.61. The second-order valence-electron chi connectivity index (χ2n) is 4.90. The number of nitrogens with zero attached hydrogens (tertiary/aromatic N) is 2. The number of aryl methyl sites for hydroxylation is 1. The Morgan fingerprint density at radius 3 is 2.50 bits per heavy atom. The Balaban J connectivity index is 2.20. The predicted molar refractivity (Wildman–Crippen MR) is 85.4 cm³/mol. The maximum Gasteiger partial charge on any atom is 0.0772 e. The number of nitrogen functional groups attached to an aromatic ring is 1. The van der Waals surface area contributed by atoms with Crippen LogP contribution in [0, 0.1) is 6.92 Å². The van der Waals surface area contributed by atoms with E-state index in [1.807, 2.05) is 49.5 Å². The van der Waals surface area contributed by atoms with Crippen LogP contribution in [0.5, 0.6) is 0 Å². The summed E-state index contributed by atoms with van der Waals surface area (Å²) in [5, 5.41) is 1.12. The van der Waals surface area contributed by atoms with Crippen LogP contribution in [0.2, 0.25) is 0 Å². The highest BCUT2D eigenvalue weighted by Gasteiger charge is 2.10. The van der Waals surface area contributed by atoms with Gasteiger partial charge in [0.2, 0.25) is 0 Å². The molecule has 0 spiro atoms. The minimum Gasteiger partial charge on any atom is -0.398 e. The van der Waals surface area contributed by atoms with Crippen molar-refractivity contribution in [1.29, 1.82) is 0 Å². The average molecular weight is 263 g/mol. The number of pyridine rings is 1. The van der Waals surface area contributed by atoms with Gasteiger partial charge >= 0.3 is 0 Å². The van der Waals surface area contributed by atoms with E-state index in [1.54, 1.807) is 0 Å². The fraction of sp³-hybridized carbons (Fsp3) is 0.118. The lowest BCUT2D eigenvalue weighted by atomic mass is 10.1. The highest BCUT2D eigenvalue weighted by atomic mass is 15.1. The van der Waals surface area contributed by atoms with Crippen LogP contribution in [-0.2, 0) is 0 Å². The summed E-state index contributed by atoms with van der Waals surface area (Å²) < 4.78 is 0. The van der Waals surface area contributed by atoms with Crippen LogP contribution in [0.3, 0.4) is 0 Å². The average Bonchev–Trinajstić information content (AvgIpc) is 2.51. The third-order valence-corrected chi connectivity index (χ3v) is 3.69. The second kappa shape index (κ2) is 4.85. The molecule has 1 heterocycles. The Morgan fingerprint density at radius 1 is 1.00 bits per heavy atom. The molecule has 0 amide bonds. The number of fused-ring (bicyclic) bond motifs is 1. The Morgan fingerprint density at radius 2 is 1.75 bits per heavy atom. The molecule has 0 atom stereocenters. The normalized spacial score (nSPS) is 10.7. The van der Waals surface area contributed by atoms with Gasteiger partial charge in [-0.3, -0.25) is 4.98 Å². The molecule has 0 saturated heterocycles. The van der Waals surface area contributed by atoms with Crippen molar-refractivity contribution in [3.63, 3.8) is 0 Å². The molecule has 1 aromatic heterocycles. The minimum atomic E-state index is 0.782. The molecule has 2 N–H and O–H groups in total. The summed E-state index contributed by atoms with van der Waals surface area (Å²) in [6.45, 7) is 2.01. The second-order valence-corrected chi connectivity index (χ2v) is 4.90. The molecule has 3 nitrogen and oxygen atoms in total. The maximum absolute atomic E-state index is 5.97. The largest absolute Gasteiger partial charge is 0.398 e. The van der Waals surface area contributed by atoms with Gasteiger partial charge in [0.1, 0.15) is 0 Å². The molecule has 0 radical (unpaired) electrons. The predicted octanol–water partition coefficient (Wildman–Crippen LogP) is 3.89. The van der Waals surface area contributed by atoms with E-state index in [1.165, 1.54) is 0 Å². The third kappa shape index (κ3) is 1.97. The molecule has 100 valence electrons. The quantitative estimate of drug-likeness (QED) is 0.713. The number of anilines is 3. The van der Waals surface area contributed by atoms with Crippen LogP contribution < -0.4 is 10.6 Å². The van der Waals surface area contributed by atoms with E-state index in [4.69, 9.17) is 5.73 Å². The molecule has 3 heteroatoms. The molecular weight excluding hydrogens is 246 g/mol. The van der Waals surface area contributed by atoms with E-state index < -0.39 is 0 Å². The highest BCUT2D eigenvalue weighted by molar-refractivity contribution is 5.97. The molecule has 0 fully saturated rings. The van der Waals surface area contributed by atoms with E-state index in [0.717, 1.165) is 33.5 Å². The van der Waals surface area contributed by atoms with Crippen molar-refractivity contribution in [1.82, 2.24) is 4.98 Å². The summed E-state index contributed by atoms with van der Waals surface area (Å²) in [7, 11) is 2.07. The molecule has 0 unspecified atom stereocenters. The van der Waals surface area contributed by atoms with Gasteiger partial charge in [-0.25, -0.2) is 0 Å². The van der Waals surface area contributed by atoms with Gasteiger partial charge < -0.3 is 10.6 Å². The summed E-state index contributed by atoms with van der Waals surface area (Å²) in [6, 6.07) is 16.3. The number of hydrogen-bond donors (Lipinski definition) is 1. The van der Waals surface area contributed by atoms with E-state index in [2.05, 4.69) is 29.1 Å². The number of para-hydroxylation sites is 1. The van der Waals surface area contributed by atoms with Crippen molar-refractivity contribution in [3.8, 4) is 0 Å². The monoisotopic (exact) mass is 263 g/mol. The number of nitrogens with two attached hydrogens (primary N) is 1. The zero-order chi connectivity index (χ0) is 14.1. The summed E-state index contributed by atoms with van der Waals surface area (Å²) in [5.74, 6) is 0. The van der Waals surface area contributed by atoms with Gasteiger partial charge in [0.05, 0.1) is 11.2 Å². The molecule has 0 aliphatic carbocycles. The highest BCUT2D eigenvalue weighted by Crippen LogP contribution is 2.32. The van der Waals surface area contributed by atoms with Crippen molar-refractivity contribution in [3.05, 3.63) is 60.3 Å². The van der Waals surface area contributed by atoms with Gasteiger partial charge in [-0.2, -0.15) is 0 Å². The number of rotatable bonds is 2. The molecule has 2 aromatic carbocycles.